The van der Waals surface area contributed by atoms with Crippen LogP contribution in [0.2, 0.25) is 10.0 Å². The first-order chi connectivity index (χ1) is 15.3. The Morgan fingerprint density at radius 3 is 2.55 bits per heavy atom. The van der Waals surface area contributed by atoms with Crippen molar-refractivity contribution in [3.8, 4) is 5.75 Å². The van der Waals surface area contributed by atoms with Crippen molar-refractivity contribution in [2.45, 2.75) is 38.3 Å². The van der Waals surface area contributed by atoms with E-state index in [-0.39, 0.29) is 36.5 Å². The monoisotopic (exact) mass is 598 g/mol. The Hall–Kier alpha value is -1.28. The van der Waals surface area contributed by atoms with Gasteiger partial charge in [-0.25, -0.2) is 0 Å². The Morgan fingerprint density at radius 2 is 1.88 bits per heavy atom. The molecular formula is C26H29Cl2IN2O2. The van der Waals surface area contributed by atoms with E-state index in [1.165, 1.54) is 31.2 Å². The number of ether oxygens (including phenoxy) is 1. The molecule has 0 radical (unpaired) electrons. The van der Waals surface area contributed by atoms with E-state index < -0.39 is 0 Å². The maximum absolute atomic E-state index is 12.8. The summed E-state index contributed by atoms with van der Waals surface area (Å²) in [5.74, 6) is 2.23. The highest BCUT2D eigenvalue weighted by Crippen LogP contribution is 2.48. The van der Waals surface area contributed by atoms with Gasteiger partial charge in [0.25, 0.3) is 5.91 Å². The van der Waals surface area contributed by atoms with Gasteiger partial charge in [-0.2, -0.15) is 0 Å². The average molecular weight is 599 g/mol. The van der Waals surface area contributed by atoms with Crippen molar-refractivity contribution >= 4 is 40.9 Å². The normalized spacial score (nSPS) is 23.3. The summed E-state index contributed by atoms with van der Waals surface area (Å²) < 4.78 is 6.75. The third-order valence-electron chi connectivity index (χ3n) is 7.43. The molecule has 0 saturated heterocycles. The highest BCUT2D eigenvalue weighted by atomic mass is 127. The molecule has 5 rings (SSSR count). The van der Waals surface area contributed by atoms with Gasteiger partial charge in [0.1, 0.15) is 18.9 Å². The maximum Gasteiger partial charge on any atom is 0.255 e. The first-order valence-electron chi connectivity index (χ1n) is 11.3. The maximum atomic E-state index is 12.8. The van der Waals surface area contributed by atoms with E-state index >= 15 is 0 Å². The lowest BCUT2D eigenvalue weighted by Gasteiger charge is -2.40. The average Bonchev–Trinajstić information content (AvgIpc) is 3.38. The second-order valence-corrected chi connectivity index (χ2v) is 10.9. The molecule has 2 aliphatic carbocycles. The molecule has 2 fully saturated rings. The van der Waals surface area contributed by atoms with Crippen LogP contribution in [0, 0.1) is 11.8 Å². The number of carbonyl (C=O) groups is 1. The summed E-state index contributed by atoms with van der Waals surface area (Å²) in [5, 5.41) is 3.94. The summed E-state index contributed by atoms with van der Waals surface area (Å²) in [6.07, 6.45) is 7.44. The quantitative estimate of drug-likeness (QED) is 0.424. The summed E-state index contributed by atoms with van der Waals surface area (Å²) in [5.41, 5.74) is 3.33. The van der Waals surface area contributed by atoms with E-state index in [1.807, 2.05) is 12.1 Å². The summed E-state index contributed by atoms with van der Waals surface area (Å²) in [6.45, 7) is 1.19. The number of halogens is 3. The van der Waals surface area contributed by atoms with Gasteiger partial charge in [-0.1, -0.05) is 35.3 Å². The molecule has 0 aromatic heterocycles. The Kier molecular flexibility index (Phi) is 7.35. The minimum absolute atomic E-state index is 0. The lowest BCUT2D eigenvalue weighted by Crippen LogP contribution is -3.00. The van der Waals surface area contributed by atoms with Crippen LogP contribution in [0.3, 0.4) is 0 Å². The number of fused-ring (bicyclic) bond motifs is 3. The van der Waals surface area contributed by atoms with Crippen molar-refractivity contribution in [1.29, 1.82) is 0 Å². The fourth-order valence-electron chi connectivity index (χ4n) is 5.91. The molecule has 176 valence electrons. The van der Waals surface area contributed by atoms with Crippen LogP contribution in [0.15, 0.2) is 42.0 Å². The summed E-state index contributed by atoms with van der Waals surface area (Å²) in [4.78, 5) is 12.8. The molecule has 2 aromatic carbocycles. The van der Waals surface area contributed by atoms with E-state index in [2.05, 4.69) is 31.5 Å². The second kappa shape index (κ2) is 9.76. The number of benzene rings is 2. The summed E-state index contributed by atoms with van der Waals surface area (Å²) in [6, 6.07) is 12.4. The number of amides is 1. The highest BCUT2D eigenvalue weighted by Gasteiger charge is 2.47. The zero-order valence-electron chi connectivity index (χ0n) is 18.9. The number of hydrogen-bond donors (Lipinski definition) is 1. The van der Waals surface area contributed by atoms with Crippen molar-refractivity contribution in [3.05, 3.63) is 63.1 Å². The minimum Gasteiger partial charge on any atom is -1.00 e. The Balaban J connectivity index is 0.00000259. The highest BCUT2D eigenvalue weighted by molar-refractivity contribution is 6.36. The van der Waals surface area contributed by atoms with Crippen LogP contribution in [0.25, 0.3) is 6.08 Å². The molecule has 3 aliphatic rings. The largest absolute Gasteiger partial charge is 1.00 e. The SMILES string of the molecule is C[N+](C)(Cc1ccc(NC(=O)C2=Cc3cc(Cl)cc(Cl)c3OC2)cc1)C1CC2CCC1C2.[I-]. The first kappa shape index (κ1) is 24.8. The predicted octanol–water partition coefficient (Wildman–Crippen LogP) is 3.18. The van der Waals surface area contributed by atoms with E-state index in [0.717, 1.165) is 40.2 Å². The van der Waals surface area contributed by atoms with Gasteiger partial charge in [0.2, 0.25) is 0 Å². The lowest BCUT2D eigenvalue weighted by atomic mass is 9.92. The molecule has 1 N–H and O–H groups in total. The number of quaternary nitrogens is 1. The number of anilines is 1. The Bertz CT molecular complexity index is 1080. The standard InChI is InChI=1S/C26H28Cl2N2O2.HI/c1-30(2,24-10-17-3-6-18(24)9-17)14-16-4-7-22(8-5-16)29-26(31)20-11-19-12-21(27)13-23(28)25(19)32-15-20;/h4-5,7-8,11-13,17-18,24H,3,6,9-10,14-15H2,1-2H3;1H. The van der Waals surface area contributed by atoms with Gasteiger partial charge in [0.15, 0.2) is 0 Å². The smallest absolute Gasteiger partial charge is 0.255 e. The van der Waals surface area contributed by atoms with Gasteiger partial charge in [-0.3, -0.25) is 4.79 Å². The van der Waals surface area contributed by atoms with Gasteiger partial charge >= 0.3 is 0 Å². The third kappa shape index (κ3) is 5.21. The number of nitrogens with one attached hydrogen (secondary N) is 1. The summed E-state index contributed by atoms with van der Waals surface area (Å²) >= 11 is 12.3. The molecule has 3 atom stereocenters. The van der Waals surface area contributed by atoms with Crippen molar-refractivity contribution in [2.75, 3.05) is 26.0 Å². The van der Waals surface area contributed by atoms with E-state index in [9.17, 15) is 4.79 Å². The summed E-state index contributed by atoms with van der Waals surface area (Å²) in [7, 11) is 4.74. The first-order valence-corrected chi connectivity index (χ1v) is 12.1. The van der Waals surface area contributed by atoms with Crippen molar-refractivity contribution in [2.24, 2.45) is 11.8 Å². The minimum atomic E-state index is -0.183. The molecule has 33 heavy (non-hydrogen) atoms. The lowest BCUT2D eigenvalue weighted by molar-refractivity contribution is -0.931. The van der Waals surface area contributed by atoms with Gasteiger partial charge < -0.3 is 38.5 Å². The topological polar surface area (TPSA) is 38.3 Å². The van der Waals surface area contributed by atoms with Crippen LogP contribution in [-0.2, 0) is 11.3 Å². The van der Waals surface area contributed by atoms with Crippen LogP contribution < -0.4 is 34.0 Å². The second-order valence-electron chi connectivity index (χ2n) is 10.1. The molecule has 0 spiro atoms. The van der Waals surface area contributed by atoms with Crippen LogP contribution in [0.1, 0.15) is 36.8 Å². The Labute approximate surface area is 222 Å². The molecule has 4 nitrogen and oxygen atoms in total. The van der Waals surface area contributed by atoms with E-state index in [1.54, 1.807) is 18.2 Å². The molecule has 3 unspecified atom stereocenters. The fourth-order valence-corrected chi connectivity index (χ4v) is 6.47. The van der Waals surface area contributed by atoms with E-state index in [4.69, 9.17) is 27.9 Å². The molecule has 1 aliphatic heterocycles. The molecule has 1 heterocycles. The van der Waals surface area contributed by atoms with Gasteiger partial charge in [0.05, 0.1) is 30.7 Å². The fraction of sp³-hybridized carbons (Fsp3) is 0.423. The van der Waals surface area contributed by atoms with Gasteiger partial charge in [-0.05, 0) is 55.5 Å². The van der Waals surface area contributed by atoms with E-state index in [0.29, 0.717) is 21.4 Å². The third-order valence-corrected chi connectivity index (χ3v) is 7.93. The number of nitrogens with zero attached hydrogens (tertiary/aromatic N) is 1. The number of carbonyl (C=O) groups excluding carboxylic acids is 1. The number of rotatable bonds is 5. The molecule has 1 amide bonds. The van der Waals surface area contributed by atoms with Crippen LogP contribution >= 0.6 is 23.2 Å². The molecule has 7 heteroatoms. The van der Waals surface area contributed by atoms with Crippen LogP contribution in [0.5, 0.6) is 5.75 Å². The van der Waals surface area contributed by atoms with Crippen molar-refractivity contribution in [3.63, 3.8) is 0 Å². The predicted molar refractivity (Wildman–Crippen MR) is 130 cm³/mol. The molecule has 2 aromatic rings. The molecule has 2 saturated carbocycles. The van der Waals surface area contributed by atoms with Crippen molar-refractivity contribution < 1.29 is 38.0 Å². The van der Waals surface area contributed by atoms with Crippen LogP contribution in [0.4, 0.5) is 5.69 Å². The zero-order chi connectivity index (χ0) is 22.5. The molecular weight excluding hydrogens is 570 g/mol. The van der Waals surface area contributed by atoms with Crippen molar-refractivity contribution in [1.82, 2.24) is 0 Å². The van der Waals surface area contributed by atoms with Crippen LogP contribution in [-0.4, -0.2) is 37.1 Å². The number of hydrogen-bond acceptors (Lipinski definition) is 2. The van der Waals surface area contributed by atoms with Gasteiger partial charge in [-0.15, -0.1) is 0 Å². The Morgan fingerprint density at radius 1 is 1.12 bits per heavy atom. The zero-order valence-corrected chi connectivity index (χ0v) is 22.6. The molecule has 2 bridgehead atoms. The van der Waals surface area contributed by atoms with Gasteiger partial charge in [0, 0.05) is 34.2 Å².